The van der Waals surface area contributed by atoms with Gasteiger partial charge in [0.15, 0.2) is 11.6 Å². The Morgan fingerprint density at radius 1 is 1.18 bits per heavy atom. The predicted molar refractivity (Wildman–Crippen MR) is 139 cm³/mol. The molecule has 2 atom stereocenters. The summed E-state index contributed by atoms with van der Waals surface area (Å²) in [5.41, 5.74) is 2.27. The number of hydrogen-bond donors (Lipinski definition) is 1. The van der Waals surface area contributed by atoms with Gasteiger partial charge in [-0.2, -0.15) is 0 Å². The van der Waals surface area contributed by atoms with E-state index in [1.807, 2.05) is 11.8 Å². The molecule has 2 saturated heterocycles. The van der Waals surface area contributed by atoms with Crippen molar-refractivity contribution in [3.63, 3.8) is 0 Å². The number of likely N-dealkylation sites (tertiary alicyclic amines) is 1. The van der Waals surface area contributed by atoms with E-state index in [0.717, 1.165) is 0 Å². The van der Waals surface area contributed by atoms with Crippen molar-refractivity contribution in [2.45, 2.75) is 32.5 Å². The van der Waals surface area contributed by atoms with Crippen LogP contribution in [-0.4, -0.2) is 72.3 Å². The first-order valence-electron chi connectivity index (χ1n) is 12.7. The number of anilines is 2. The summed E-state index contributed by atoms with van der Waals surface area (Å²) < 4.78 is 45.8. The highest BCUT2D eigenvalue weighted by molar-refractivity contribution is 5.97. The molecule has 1 aromatic heterocycles. The summed E-state index contributed by atoms with van der Waals surface area (Å²) in [5.74, 6) is -0.802. The lowest BCUT2D eigenvalue weighted by Gasteiger charge is -2.24. The summed E-state index contributed by atoms with van der Waals surface area (Å²) in [6.07, 6.45) is 2.52. The molecule has 10 heteroatoms. The normalized spacial score (nSPS) is 19.9. The average molecular weight is 525 g/mol. The number of fused-ring (bicyclic) bond motifs is 2. The number of ether oxygens (including phenoxy) is 3. The first kappa shape index (κ1) is 26.1. The number of hydrogen-bond acceptors (Lipinski definition) is 8. The molecule has 0 aliphatic carbocycles. The van der Waals surface area contributed by atoms with E-state index in [2.05, 4.69) is 15.3 Å². The first-order valence-corrected chi connectivity index (χ1v) is 12.7. The molecule has 200 valence electrons. The first-order chi connectivity index (χ1) is 18.4. The van der Waals surface area contributed by atoms with E-state index in [0.29, 0.717) is 78.7 Å². The highest BCUT2D eigenvalue weighted by atomic mass is 19.1. The van der Waals surface area contributed by atoms with Gasteiger partial charge < -0.3 is 19.5 Å². The van der Waals surface area contributed by atoms with Crippen molar-refractivity contribution in [1.29, 1.82) is 0 Å². The number of rotatable bonds is 9. The molecule has 0 saturated carbocycles. The molecule has 3 heterocycles. The molecule has 8 nitrogen and oxygen atoms in total. The van der Waals surface area contributed by atoms with Gasteiger partial charge in [-0.05, 0) is 49.8 Å². The fourth-order valence-corrected chi connectivity index (χ4v) is 4.78. The molecule has 2 aromatic carbocycles. The van der Waals surface area contributed by atoms with Crippen LogP contribution in [0.4, 0.5) is 20.3 Å². The number of carbonyl (C=O) groups excluding carboxylic acids is 1. The molecular formula is C28H30F2N4O4. The van der Waals surface area contributed by atoms with E-state index in [-0.39, 0.29) is 24.4 Å². The van der Waals surface area contributed by atoms with Gasteiger partial charge in [0.05, 0.1) is 37.5 Å². The fourth-order valence-electron chi connectivity index (χ4n) is 4.78. The Balaban J connectivity index is 1.35. The average Bonchev–Trinajstić information content (AvgIpc) is 3.33. The van der Waals surface area contributed by atoms with Crippen molar-refractivity contribution < 1.29 is 27.8 Å². The lowest BCUT2D eigenvalue weighted by Crippen LogP contribution is -2.36. The standard InChI is InChI=1S/C28H30F2N4O4/c1-3-36-25-13-23-20(28(32-16-31-23)33-19-4-5-21(29)17(2)10-19)11-18(25)12-24(35)22(30)6-7-34-14-26-27(15-34)38-9-8-37-26/h4-6,10-11,13,16,26-27H,3,7-9,12,14-15H2,1-2H3,(H,31,32,33)/b22-6-/t26-,27-/m0/s1. The van der Waals surface area contributed by atoms with Gasteiger partial charge in [0.2, 0.25) is 0 Å². The van der Waals surface area contributed by atoms with E-state index in [1.54, 1.807) is 31.2 Å². The molecule has 0 spiro atoms. The van der Waals surface area contributed by atoms with Crippen LogP contribution in [0.25, 0.3) is 10.9 Å². The molecule has 0 unspecified atom stereocenters. The molecule has 2 fully saturated rings. The van der Waals surface area contributed by atoms with Crippen molar-refractivity contribution in [2.75, 3.05) is 44.8 Å². The lowest BCUT2D eigenvalue weighted by atomic mass is 10.0. The molecule has 0 radical (unpaired) electrons. The Bertz CT molecular complexity index is 1350. The monoisotopic (exact) mass is 524 g/mol. The van der Waals surface area contributed by atoms with Crippen molar-refractivity contribution in [3.05, 3.63) is 65.5 Å². The van der Waals surface area contributed by atoms with Gasteiger partial charge in [-0.3, -0.25) is 9.69 Å². The van der Waals surface area contributed by atoms with E-state index in [9.17, 15) is 13.6 Å². The van der Waals surface area contributed by atoms with Gasteiger partial charge in [-0.25, -0.2) is 18.7 Å². The second-order valence-electron chi connectivity index (χ2n) is 9.41. The van der Waals surface area contributed by atoms with E-state index >= 15 is 0 Å². The number of benzene rings is 2. The zero-order valence-electron chi connectivity index (χ0n) is 21.4. The zero-order chi connectivity index (χ0) is 26.6. The number of aryl methyl sites for hydroxylation is 1. The third kappa shape index (κ3) is 5.82. The summed E-state index contributed by atoms with van der Waals surface area (Å²) >= 11 is 0. The van der Waals surface area contributed by atoms with Gasteiger partial charge in [-0.1, -0.05) is 0 Å². The Labute approximate surface area is 219 Å². The smallest absolute Gasteiger partial charge is 0.195 e. The quantitative estimate of drug-likeness (QED) is 0.415. The van der Waals surface area contributed by atoms with Crippen LogP contribution in [0.15, 0.2) is 48.6 Å². The van der Waals surface area contributed by atoms with Crippen LogP contribution in [0.2, 0.25) is 0 Å². The molecule has 0 bridgehead atoms. The molecular weight excluding hydrogens is 494 g/mol. The van der Waals surface area contributed by atoms with E-state index in [4.69, 9.17) is 14.2 Å². The van der Waals surface area contributed by atoms with Gasteiger partial charge in [0.1, 0.15) is 23.7 Å². The summed E-state index contributed by atoms with van der Waals surface area (Å²) in [4.78, 5) is 23.5. The maximum Gasteiger partial charge on any atom is 0.195 e. The highest BCUT2D eigenvalue weighted by Crippen LogP contribution is 2.31. The number of aromatic nitrogens is 2. The zero-order valence-corrected chi connectivity index (χ0v) is 21.4. The van der Waals surface area contributed by atoms with Crippen LogP contribution >= 0.6 is 0 Å². The molecule has 38 heavy (non-hydrogen) atoms. The molecule has 3 aromatic rings. The number of nitrogens with zero attached hydrogens (tertiary/aromatic N) is 3. The third-order valence-electron chi connectivity index (χ3n) is 6.72. The molecule has 0 amide bonds. The summed E-state index contributed by atoms with van der Waals surface area (Å²) in [7, 11) is 0. The minimum atomic E-state index is -0.797. The van der Waals surface area contributed by atoms with Crippen molar-refractivity contribution >= 4 is 28.2 Å². The number of nitrogens with one attached hydrogen (secondary N) is 1. The molecule has 2 aliphatic heterocycles. The molecule has 5 rings (SSSR count). The molecule has 1 N–H and O–H groups in total. The second-order valence-corrected chi connectivity index (χ2v) is 9.41. The van der Waals surface area contributed by atoms with Gasteiger partial charge >= 0.3 is 0 Å². The Hall–Kier alpha value is -3.47. The topological polar surface area (TPSA) is 85.8 Å². The third-order valence-corrected chi connectivity index (χ3v) is 6.72. The van der Waals surface area contributed by atoms with Crippen LogP contribution < -0.4 is 10.1 Å². The number of allylic oxidation sites excluding steroid dienone is 1. The van der Waals surface area contributed by atoms with Gasteiger partial charge in [0, 0.05) is 48.8 Å². The van der Waals surface area contributed by atoms with Crippen LogP contribution in [0.3, 0.4) is 0 Å². The van der Waals surface area contributed by atoms with Crippen LogP contribution in [-0.2, 0) is 20.7 Å². The minimum absolute atomic E-state index is 0.00823. The van der Waals surface area contributed by atoms with Crippen molar-refractivity contribution in [3.8, 4) is 5.75 Å². The minimum Gasteiger partial charge on any atom is -0.494 e. The lowest BCUT2D eigenvalue weighted by molar-refractivity contribution is -0.116. The number of ketones is 1. The summed E-state index contributed by atoms with van der Waals surface area (Å²) in [5, 5.41) is 3.82. The van der Waals surface area contributed by atoms with Crippen LogP contribution in [0, 0.1) is 12.7 Å². The van der Waals surface area contributed by atoms with Crippen molar-refractivity contribution in [1.82, 2.24) is 14.9 Å². The van der Waals surface area contributed by atoms with Crippen LogP contribution in [0.1, 0.15) is 18.1 Å². The SMILES string of the molecule is CCOc1cc2ncnc(Nc3ccc(F)c(C)c3)c2cc1CC(=O)/C(F)=C/CN1C[C@@H]2OCCO[C@H]2C1. The number of carbonyl (C=O) groups is 1. The Morgan fingerprint density at radius 3 is 2.66 bits per heavy atom. The van der Waals surface area contributed by atoms with Crippen LogP contribution in [0.5, 0.6) is 5.75 Å². The van der Waals surface area contributed by atoms with E-state index < -0.39 is 11.6 Å². The maximum absolute atomic E-state index is 14.9. The second kappa shape index (κ2) is 11.5. The summed E-state index contributed by atoms with van der Waals surface area (Å²) in [6.45, 7) is 6.60. The highest BCUT2D eigenvalue weighted by Gasteiger charge is 2.36. The molecule has 2 aliphatic rings. The maximum atomic E-state index is 14.9. The number of halogens is 2. The Morgan fingerprint density at radius 2 is 1.95 bits per heavy atom. The van der Waals surface area contributed by atoms with Gasteiger partial charge in [-0.15, -0.1) is 0 Å². The fraction of sp³-hybridized carbons (Fsp3) is 0.393. The Kier molecular flexibility index (Phi) is 7.92. The summed E-state index contributed by atoms with van der Waals surface area (Å²) in [6, 6.07) is 8.13. The van der Waals surface area contributed by atoms with Gasteiger partial charge in [0.25, 0.3) is 0 Å². The van der Waals surface area contributed by atoms with E-state index in [1.165, 1.54) is 18.5 Å². The predicted octanol–water partition coefficient (Wildman–Crippen LogP) is 4.28. The van der Waals surface area contributed by atoms with Crippen molar-refractivity contribution in [2.24, 2.45) is 0 Å². The largest absolute Gasteiger partial charge is 0.494 e. The number of Topliss-reactive ketones (excluding diaryl/α,β-unsaturated/α-hetero) is 1.